The molecule has 0 saturated heterocycles. The zero-order valence-corrected chi connectivity index (χ0v) is 16.4. The molecule has 0 aliphatic carbocycles. The van der Waals surface area contributed by atoms with Crippen LogP contribution in [0.25, 0.3) is 0 Å². The van der Waals surface area contributed by atoms with Crippen molar-refractivity contribution >= 4 is 34.2 Å². The quantitative estimate of drug-likeness (QED) is 0.738. The molecule has 0 saturated carbocycles. The lowest BCUT2D eigenvalue weighted by Gasteiger charge is -2.26. The standard InChI is InChI=1S/C19H22N4O3S/c1-4-7-15-21-22-19(27-15)20-16(24)14(10-11(2)3)23-17(25)12-8-5-6-9-13(12)18(23)26/h5-6,8-9,11,14H,4,7,10H2,1-3H3,(H,20,22,24). The van der Waals surface area contributed by atoms with E-state index in [1.807, 2.05) is 20.8 Å². The van der Waals surface area contributed by atoms with E-state index >= 15 is 0 Å². The summed E-state index contributed by atoms with van der Waals surface area (Å²) in [5.74, 6) is -1.16. The second-order valence-corrected chi connectivity index (χ2v) is 7.97. The zero-order valence-electron chi connectivity index (χ0n) is 15.6. The first-order valence-corrected chi connectivity index (χ1v) is 9.84. The Balaban J connectivity index is 1.84. The number of hydrogen-bond donors (Lipinski definition) is 1. The molecule has 142 valence electrons. The molecule has 1 atom stereocenters. The van der Waals surface area contributed by atoms with Gasteiger partial charge >= 0.3 is 0 Å². The largest absolute Gasteiger partial charge is 0.299 e. The molecule has 0 spiro atoms. The molecule has 2 heterocycles. The van der Waals surface area contributed by atoms with Gasteiger partial charge < -0.3 is 0 Å². The van der Waals surface area contributed by atoms with Gasteiger partial charge in [0.25, 0.3) is 11.8 Å². The van der Waals surface area contributed by atoms with E-state index in [1.54, 1.807) is 24.3 Å². The molecule has 7 nitrogen and oxygen atoms in total. The minimum absolute atomic E-state index is 0.120. The molecule has 1 N–H and O–H groups in total. The fourth-order valence-corrected chi connectivity index (χ4v) is 3.92. The van der Waals surface area contributed by atoms with E-state index in [0.29, 0.717) is 22.7 Å². The highest BCUT2D eigenvalue weighted by Gasteiger charge is 2.42. The Morgan fingerprint density at radius 3 is 2.33 bits per heavy atom. The second-order valence-electron chi connectivity index (χ2n) is 6.91. The maximum Gasteiger partial charge on any atom is 0.262 e. The molecule has 1 aliphatic heterocycles. The van der Waals surface area contributed by atoms with Crippen LogP contribution in [0, 0.1) is 5.92 Å². The number of carbonyl (C=O) groups excluding carboxylic acids is 3. The predicted octanol–water partition coefficient (Wildman–Crippen LogP) is 3.14. The molecule has 1 unspecified atom stereocenters. The predicted molar refractivity (Wildman–Crippen MR) is 103 cm³/mol. The van der Waals surface area contributed by atoms with Crippen molar-refractivity contribution in [3.05, 3.63) is 40.4 Å². The van der Waals surface area contributed by atoms with Gasteiger partial charge in [0.2, 0.25) is 11.0 Å². The molecule has 0 bridgehead atoms. The highest BCUT2D eigenvalue weighted by Crippen LogP contribution is 2.28. The molecule has 8 heteroatoms. The Kier molecular flexibility index (Phi) is 5.65. The number of nitrogens with one attached hydrogen (secondary N) is 1. The maximum absolute atomic E-state index is 12.9. The Bertz CT molecular complexity index is 842. The average Bonchev–Trinajstić information content (AvgIpc) is 3.17. The summed E-state index contributed by atoms with van der Waals surface area (Å²) in [5, 5.41) is 12.0. The van der Waals surface area contributed by atoms with Crippen LogP contribution in [-0.4, -0.2) is 38.9 Å². The molecule has 3 rings (SSSR count). The number of hydrogen-bond acceptors (Lipinski definition) is 6. The monoisotopic (exact) mass is 386 g/mol. The minimum Gasteiger partial charge on any atom is -0.299 e. The van der Waals surface area contributed by atoms with Gasteiger partial charge in [-0.2, -0.15) is 0 Å². The van der Waals surface area contributed by atoms with Crippen molar-refractivity contribution in [2.75, 3.05) is 5.32 Å². The third-order valence-corrected chi connectivity index (χ3v) is 5.19. The van der Waals surface area contributed by atoms with Crippen molar-refractivity contribution in [3.63, 3.8) is 0 Å². The van der Waals surface area contributed by atoms with Crippen molar-refractivity contribution in [1.29, 1.82) is 0 Å². The molecule has 3 amide bonds. The van der Waals surface area contributed by atoms with E-state index in [2.05, 4.69) is 15.5 Å². The zero-order chi connectivity index (χ0) is 19.6. The molecule has 1 aromatic carbocycles. The normalized spacial score (nSPS) is 14.6. The van der Waals surface area contributed by atoms with Gasteiger partial charge in [-0.25, -0.2) is 0 Å². The summed E-state index contributed by atoms with van der Waals surface area (Å²) >= 11 is 1.31. The minimum atomic E-state index is -0.893. The summed E-state index contributed by atoms with van der Waals surface area (Å²) in [6.45, 7) is 5.94. The number of aromatic nitrogens is 2. The van der Waals surface area contributed by atoms with Crippen LogP contribution in [0.1, 0.15) is 59.3 Å². The molecule has 2 aromatic rings. The number of aryl methyl sites for hydroxylation is 1. The van der Waals surface area contributed by atoms with Crippen LogP contribution in [0.15, 0.2) is 24.3 Å². The van der Waals surface area contributed by atoms with E-state index in [1.165, 1.54) is 11.3 Å². The summed E-state index contributed by atoms with van der Waals surface area (Å²) in [5.41, 5.74) is 0.676. The first kappa shape index (κ1) is 19.2. The van der Waals surface area contributed by atoms with E-state index in [-0.39, 0.29) is 5.92 Å². The first-order valence-electron chi connectivity index (χ1n) is 9.02. The van der Waals surface area contributed by atoms with Crippen molar-refractivity contribution in [3.8, 4) is 0 Å². The lowest BCUT2D eigenvalue weighted by molar-refractivity contribution is -0.120. The van der Waals surface area contributed by atoms with Gasteiger partial charge in [-0.3, -0.25) is 24.6 Å². The number of nitrogens with zero attached hydrogens (tertiary/aromatic N) is 3. The van der Waals surface area contributed by atoms with Gasteiger partial charge in [0.1, 0.15) is 11.0 Å². The maximum atomic E-state index is 12.9. The number of fused-ring (bicyclic) bond motifs is 1. The van der Waals surface area contributed by atoms with E-state index in [0.717, 1.165) is 22.7 Å². The van der Waals surface area contributed by atoms with E-state index in [9.17, 15) is 14.4 Å². The van der Waals surface area contributed by atoms with Crippen LogP contribution >= 0.6 is 11.3 Å². The van der Waals surface area contributed by atoms with Crippen molar-refractivity contribution in [2.24, 2.45) is 5.92 Å². The number of anilines is 1. The van der Waals surface area contributed by atoms with E-state index < -0.39 is 23.8 Å². The number of imide groups is 1. The van der Waals surface area contributed by atoms with Crippen molar-refractivity contribution in [1.82, 2.24) is 15.1 Å². The molecular formula is C19H22N4O3S. The van der Waals surface area contributed by atoms with Gasteiger partial charge in [-0.15, -0.1) is 10.2 Å². The Morgan fingerprint density at radius 1 is 1.15 bits per heavy atom. The van der Waals surface area contributed by atoms with Crippen molar-refractivity contribution in [2.45, 2.75) is 46.1 Å². The van der Waals surface area contributed by atoms with Gasteiger partial charge in [0, 0.05) is 6.42 Å². The Labute approximate surface area is 161 Å². The highest BCUT2D eigenvalue weighted by atomic mass is 32.1. The molecule has 27 heavy (non-hydrogen) atoms. The van der Waals surface area contributed by atoms with Gasteiger partial charge in [-0.1, -0.05) is 44.2 Å². The Hall–Kier alpha value is -2.61. The van der Waals surface area contributed by atoms with Crippen LogP contribution in [0.4, 0.5) is 5.13 Å². The molecule has 1 aliphatic rings. The number of rotatable bonds is 7. The van der Waals surface area contributed by atoms with E-state index in [4.69, 9.17) is 0 Å². The highest BCUT2D eigenvalue weighted by molar-refractivity contribution is 7.15. The summed E-state index contributed by atoms with van der Waals surface area (Å²) < 4.78 is 0. The molecule has 1 aromatic heterocycles. The van der Waals surface area contributed by atoms with Gasteiger partial charge in [0.05, 0.1) is 11.1 Å². The fraction of sp³-hybridized carbons (Fsp3) is 0.421. The molecule has 0 fully saturated rings. The van der Waals surface area contributed by atoms with Crippen LogP contribution in [0.2, 0.25) is 0 Å². The van der Waals surface area contributed by atoms with Gasteiger partial charge in [0.15, 0.2) is 0 Å². The fourth-order valence-electron chi connectivity index (χ4n) is 3.07. The van der Waals surface area contributed by atoms with Crippen LogP contribution < -0.4 is 5.32 Å². The lowest BCUT2D eigenvalue weighted by Crippen LogP contribution is -2.47. The lowest BCUT2D eigenvalue weighted by atomic mass is 10.0. The van der Waals surface area contributed by atoms with Crippen LogP contribution in [0.3, 0.4) is 0 Å². The van der Waals surface area contributed by atoms with Crippen molar-refractivity contribution < 1.29 is 14.4 Å². The third kappa shape index (κ3) is 3.90. The summed E-state index contributed by atoms with van der Waals surface area (Å²) in [4.78, 5) is 39.6. The number of carbonyl (C=O) groups is 3. The van der Waals surface area contributed by atoms with Crippen LogP contribution in [-0.2, 0) is 11.2 Å². The Morgan fingerprint density at radius 2 is 1.78 bits per heavy atom. The number of amides is 3. The SMILES string of the molecule is CCCc1nnc(NC(=O)C(CC(C)C)N2C(=O)c3ccccc3C2=O)s1. The topological polar surface area (TPSA) is 92.3 Å². The molecule has 0 radical (unpaired) electrons. The third-order valence-electron chi connectivity index (χ3n) is 4.30. The van der Waals surface area contributed by atoms with Gasteiger partial charge in [-0.05, 0) is 30.9 Å². The second kappa shape index (κ2) is 7.96. The number of benzene rings is 1. The molecular weight excluding hydrogens is 364 g/mol. The summed E-state index contributed by atoms with van der Waals surface area (Å²) in [7, 11) is 0. The first-order chi connectivity index (χ1) is 12.9. The summed E-state index contributed by atoms with van der Waals surface area (Å²) in [6, 6.07) is 5.75. The van der Waals surface area contributed by atoms with Crippen LogP contribution in [0.5, 0.6) is 0 Å². The summed E-state index contributed by atoms with van der Waals surface area (Å²) in [6.07, 6.45) is 2.10. The average molecular weight is 386 g/mol. The smallest absolute Gasteiger partial charge is 0.262 e.